The second kappa shape index (κ2) is 7.49. The molecular formula is C18H20F2N2O2. The lowest BCUT2D eigenvalue weighted by molar-refractivity contribution is 0.122. The Kier molecular flexibility index (Phi) is 5.15. The van der Waals surface area contributed by atoms with Crippen molar-refractivity contribution in [2.45, 2.75) is 6.54 Å². The highest BCUT2D eigenvalue weighted by Gasteiger charge is 2.13. The van der Waals surface area contributed by atoms with Gasteiger partial charge in [0.2, 0.25) is 0 Å². The number of ether oxygens (including phenoxy) is 2. The third-order valence-corrected chi connectivity index (χ3v) is 4.00. The van der Waals surface area contributed by atoms with E-state index < -0.39 is 0 Å². The van der Waals surface area contributed by atoms with E-state index in [0.717, 1.165) is 18.8 Å². The Morgan fingerprint density at radius 3 is 2.62 bits per heavy atom. The lowest BCUT2D eigenvalue weighted by atomic mass is 10.2. The van der Waals surface area contributed by atoms with Gasteiger partial charge >= 0.3 is 0 Å². The second-order valence-corrected chi connectivity index (χ2v) is 5.61. The highest BCUT2D eigenvalue weighted by Crippen LogP contribution is 2.24. The molecule has 1 fully saturated rings. The van der Waals surface area contributed by atoms with Crippen LogP contribution < -0.4 is 15.0 Å². The summed E-state index contributed by atoms with van der Waals surface area (Å²) in [5, 5.41) is 3.08. The molecule has 1 heterocycles. The van der Waals surface area contributed by atoms with Gasteiger partial charge in [0.25, 0.3) is 0 Å². The Morgan fingerprint density at radius 1 is 1.12 bits per heavy atom. The number of rotatable bonds is 5. The standard InChI is InChI=1S/C18H20F2N2O2/c1-23-17-3-2-13(18(20)11-17)12-21-15-8-14(19)9-16(10-15)22-4-6-24-7-5-22/h2-3,8-11,21H,4-7,12H2,1H3. The largest absolute Gasteiger partial charge is 0.497 e. The van der Waals surface area contributed by atoms with Crippen LogP contribution in [-0.4, -0.2) is 33.4 Å². The molecule has 0 unspecified atom stereocenters. The van der Waals surface area contributed by atoms with Crippen molar-refractivity contribution in [3.8, 4) is 5.75 Å². The van der Waals surface area contributed by atoms with Crippen LogP contribution in [0.3, 0.4) is 0 Å². The number of nitrogens with zero attached hydrogens (tertiary/aromatic N) is 1. The van der Waals surface area contributed by atoms with E-state index in [9.17, 15) is 8.78 Å². The van der Waals surface area contributed by atoms with Gasteiger partial charge < -0.3 is 19.7 Å². The van der Waals surface area contributed by atoms with E-state index >= 15 is 0 Å². The van der Waals surface area contributed by atoms with Crippen LogP contribution in [0.25, 0.3) is 0 Å². The molecule has 1 N–H and O–H groups in total. The van der Waals surface area contributed by atoms with Crippen molar-refractivity contribution in [1.29, 1.82) is 0 Å². The Balaban J connectivity index is 1.72. The maximum atomic E-state index is 14.0. The zero-order chi connectivity index (χ0) is 16.9. The van der Waals surface area contributed by atoms with Crippen molar-refractivity contribution in [3.63, 3.8) is 0 Å². The van der Waals surface area contributed by atoms with E-state index in [4.69, 9.17) is 9.47 Å². The summed E-state index contributed by atoms with van der Waals surface area (Å²) in [6.07, 6.45) is 0. The topological polar surface area (TPSA) is 33.7 Å². The van der Waals surface area contributed by atoms with Crippen molar-refractivity contribution >= 4 is 11.4 Å². The predicted molar refractivity (Wildman–Crippen MR) is 89.7 cm³/mol. The number of anilines is 2. The van der Waals surface area contributed by atoms with Gasteiger partial charge in [0.1, 0.15) is 17.4 Å². The first-order valence-corrected chi connectivity index (χ1v) is 7.85. The summed E-state index contributed by atoms with van der Waals surface area (Å²) in [4.78, 5) is 2.08. The highest BCUT2D eigenvalue weighted by molar-refractivity contribution is 5.59. The Bertz CT molecular complexity index is 703. The van der Waals surface area contributed by atoms with Crippen molar-refractivity contribution in [2.24, 2.45) is 0 Å². The molecule has 0 aliphatic carbocycles. The fourth-order valence-corrected chi connectivity index (χ4v) is 2.68. The first-order valence-electron chi connectivity index (χ1n) is 7.85. The maximum Gasteiger partial charge on any atom is 0.131 e. The molecule has 0 radical (unpaired) electrons. The molecule has 2 aromatic carbocycles. The van der Waals surface area contributed by atoms with Crippen molar-refractivity contribution in [1.82, 2.24) is 0 Å². The molecule has 0 saturated carbocycles. The lowest BCUT2D eigenvalue weighted by Gasteiger charge is -2.29. The van der Waals surface area contributed by atoms with Gasteiger partial charge in [-0.2, -0.15) is 0 Å². The molecule has 128 valence electrons. The van der Waals surface area contributed by atoms with Gasteiger partial charge in [-0.15, -0.1) is 0 Å². The normalized spacial score (nSPS) is 14.5. The number of morpholine rings is 1. The molecule has 24 heavy (non-hydrogen) atoms. The predicted octanol–water partition coefficient (Wildman–Crippen LogP) is 3.42. The van der Waals surface area contributed by atoms with Crippen LogP contribution in [-0.2, 0) is 11.3 Å². The quantitative estimate of drug-likeness (QED) is 0.908. The number of halogens is 2. The fourth-order valence-electron chi connectivity index (χ4n) is 2.68. The number of benzene rings is 2. The van der Waals surface area contributed by atoms with E-state index in [1.54, 1.807) is 12.1 Å². The van der Waals surface area contributed by atoms with E-state index in [1.165, 1.54) is 25.3 Å². The molecule has 3 rings (SSSR count). The number of hydrogen-bond acceptors (Lipinski definition) is 4. The average Bonchev–Trinajstić information content (AvgIpc) is 2.61. The highest BCUT2D eigenvalue weighted by atomic mass is 19.1. The van der Waals surface area contributed by atoms with Gasteiger partial charge in [0, 0.05) is 42.6 Å². The van der Waals surface area contributed by atoms with Crippen LogP contribution in [0, 0.1) is 11.6 Å². The van der Waals surface area contributed by atoms with Gasteiger partial charge in [0.05, 0.1) is 20.3 Å². The molecule has 1 aliphatic rings. The molecule has 1 aliphatic heterocycles. The molecule has 0 spiro atoms. The number of methoxy groups -OCH3 is 1. The number of hydrogen-bond donors (Lipinski definition) is 1. The maximum absolute atomic E-state index is 14.0. The first-order chi connectivity index (χ1) is 11.7. The fraction of sp³-hybridized carbons (Fsp3) is 0.333. The smallest absolute Gasteiger partial charge is 0.131 e. The van der Waals surface area contributed by atoms with Crippen molar-refractivity contribution in [3.05, 3.63) is 53.6 Å². The Morgan fingerprint density at radius 2 is 1.92 bits per heavy atom. The van der Waals surface area contributed by atoms with E-state index in [0.29, 0.717) is 30.2 Å². The molecule has 0 bridgehead atoms. The minimum atomic E-state index is -0.355. The van der Waals surface area contributed by atoms with Gasteiger partial charge in [-0.3, -0.25) is 0 Å². The molecule has 4 nitrogen and oxygen atoms in total. The summed E-state index contributed by atoms with van der Waals surface area (Å²) in [5.41, 5.74) is 1.91. The van der Waals surface area contributed by atoms with E-state index in [1.807, 2.05) is 6.07 Å². The van der Waals surface area contributed by atoms with Crippen LogP contribution in [0.15, 0.2) is 36.4 Å². The molecule has 0 atom stereocenters. The third kappa shape index (κ3) is 3.94. The molecule has 1 saturated heterocycles. The van der Waals surface area contributed by atoms with Crippen LogP contribution in [0.1, 0.15) is 5.56 Å². The minimum Gasteiger partial charge on any atom is -0.497 e. The van der Waals surface area contributed by atoms with Crippen LogP contribution in [0.4, 0.5) is 20.2 Å². The van der Waals surface area contributed by atoms with Crippen molar-refractivity contribution < 1.29 is 18.3 Å². The summed E-state index contributed by atoms with van der Waals surface area (Å²) in [6, 6.07) is 9.47. The lowest BCUT2D eigenvalue weighted by Crippen LogP contribution is -2.36. The van der Waals surface area contributed by atoms with Crippen LogP contribution in [0.5, 0.6) is 5.75 Å². The van der Waals surface area contributed by atoms with Crippen LogP contribution in [0.2, 0.25) is 0 Å². The Labute approximate surface area is 140 Å². The second-order valence-electron chi connectivity index (χ2n) is 5.61. The van der Waals surface area contributed by atoms with E-state index in [2.05, 4.69) is 10.2 Å². The first kappa shape index (κ1) is 16.5. The summed E-state index contributed by atoms with van der Waals surface area (Å²) in [5.74, 6) is -0.208. The van der Waals surface area contributed by atoms with Gasteiger partial charge in [-0.1, -0.05) is 6.07 Å². The van der Waals surface area contributed by atoms with Gasteiger partial charge in [0.15, 0.2) is 0 Å². The molecule has 6 heteroatoms. The van der Waals surface area contributed by atoms with E-state index in [-0.39, 0.29) is 18.2 Å². The molecule has 2 aromatic rings. The van der Waals surface area contributed by atoms with Gasteiger partial charge in [-0.25, -0.2) is 8.78 Å². The Hall–Kier alpha value is -2.34. The summed E-state index contributed by atoms with van der Waals surface area (Å²) in [7, 11) is 1.49. The summed E-state index contributed by atoms with van der Waals surface area (Å²) >= 11 is 0. The molecule has 0 amide bonds. The summed E-state index contributed by atoms with van der Waals surface area (Å²) in [6.45, 7) is 3.00. The van der Waals surface area contributed by atoms with Crippen LogP contribution >= 0.6 is 0 Å². The molecular weight excluding hydrogens is 314 g/mol. The summed E-state index contributed by atoms with van der Waals surface area (Å²) < 4.78 is 38.2. The zero-order valence-corrected chi connectivity index (χ0v) is 13.5. The SMILES string of the molecule is COc1ccc(CNc2cc(F)cc(N3CCOCC3)c2)c(F)c1. The minimum absolute atomic E-state index is 0.266. The zero-order valence-electron chi connectivity index (χ0n) is 13.5. The molecule has 0 aromatic heterocycles. The average molecular weight is 334 g/mol. The van der Waals surface area contributed by atoms with Crippen molar-refractivity contribution in [2.75, 3.05) is 43.6 Å². The third-order valence-electron chi connectivity index (χ3n) is 4.00. The number of nitrogens with one attached hydrogen (secondary N) is 1. The van der Waals surface area contributed by atoms with Gasteiger partial charge in [-0.05, 0) is 24.3 Å². The monoisotopic (exact) mass is 334 g/mol.